The Kier molecular flexibility index (Phi) is 6.46. The van der Waals surface area contributed by atoms with Gasteiger partial charge < -0.3 is 19.9 Å². The van der Waals surface area contributed by atoms with E-state index in [1.807, 2.05) is 60.8 Å². The zero-order valence-electron chi connectivity index (χ0n) is 15.4. The van der Waals surface area contributed by atoms with Crippen molar-refractivity contribution in [2.75, 3.05) is 13.7 Å². The average molecular weight is 364 g/mol. The number of imidazole rings is 1. The van der Waals surface area contributed by atoms with Gasteiger partial charge in [-0.15, -0.1) is 0 Å². The van der Waals surface area contributed by atoms with Crippen LogP contribution in [0.25, 0.3) is 11.4 Å². The molecule has 3 aromatic rings. The van der Waals surface area contributed by atoms with Gasteiger partial charge in [-0.25, -0.2) is 9.78 Å². The summed E-state index contributed by atoms with van der Waals surface area (Å²) in [5.41, 5.74) is 2.12. The highest BCUT2D eigenvalue weighted by Crippen LogP contribution is 2.16. The topological polar surface area (TPSA) is 68.2 Å². The number of rotatable bonds is 8. The summed E-state index contributed by atoms with van der Waals surface area (Å²) in [6, 6.07) is 17.5. The number of benzene rings is 2. The summed E-state index contributed by atoms with van der Waals surface area (Å²) in [7, 11) is 1.63. The molecular formula is C21H24N4O2. The Bertz CT molecular complexity index is 844. The maximum absolute atomic E-state index is 11.9. The zero-order chi connectivity index (χ0) is 18.9. The number of aromatic nitrogens is 2. The van der Waals surface area contributed by atoms with Crippen LogP contribution in [0.15, 0.2) is 67.0 Å². The van der Waals surface area contributed by atoms with Crippen LogP contribution in [0.2, 0.25) is 0 Å². The van der Waals surface area contributed by atoms with Crippen molar-refractivity contribution in [3.8, 4) is 17.1 Å². The van der Waals surface area contributed by atoms with E-state index in [-0.39, 0.29) is 6.03 Å². The summed E-state index contributed by atoms with van der Waals surface area (Å²) in [6.45, 7) is 1.87. The molecule has 2 amide bonds. The Hall–Kier alpha value is -3.28. The molecule has 0 fully saturated rings. The smallest absolute Gasteiger partial charge is 0.315 e. The number of nitrogens with zero attached hydrogens (tertiary/aromatic N) is 2. The summed E-state index contributed by atoms with van der Waals surface area (Å²) in [6.07, 6.45) is 4.59. The molecule has 0 aliphatic carbocycles. The second kappa shape index (κ2) is 9.43. The van der Waals surface area contributed by atoms with E-state index in [9.17, 15) is 4.79 Å². The van der Waals surface area contributed by atoms with Crippen LogP contribution in [0.4, 0.5) is 4.79 Å². The van der Waals surface area contributed by atoms with Gasteiger partial charge >= 0.3 is 6.03 Å². The lowest BCUT2D eigenvalue weighted by molar-refractivity contribution is 0.240. The van der Waals surface area contributed by atoms with Crippen LogP contribution in [0.5, 0.6) is 5.75 Å². The van der Waals surface area contributed by atoms with E-state index in [1.165, 1.54) is 0 Å². The van der Waals surface area contributed by atoms with Gasteiger partial charge in [0, 0.05) is 37.6 Å². The number of hydrogen-bond acceptors (Lipinski definition) is 3. The first-order chi connectivity index (χ1) is 13.3. The summed E-state index contributed by atoms with van der Waals surface area (Å²) >= 11 is 0. The van der Waals surface area contributed by atoms with Crippen LogP contribution in [0, 0.1) is 0 Å². The summed E-state index contributed by atoms with van der Waals surface area (Å²) in [5, 5.41) is 5.75. The number of nitrogens with one attached hydrogen (secondary N) is 2. The van der Waals surface area contributed by atoms with Crippen LogP contribution in [-0.2, 0) is 13.1 Å². The second-order valence-corrected chi connectivity index (χ2v) is 6.12. The SMILES string of the molecule is COc1ccc(CNC(=O)NCCCn2ccnc2-c2ccccc2)cc1. The first-order valence-electron chi connectivity index (χ1n) is 8.97. The fourth-order valence-electron chi connectivity index (χ4n) is 2.78. The molecule has 2 N–H and O–H groups in total. The molecule has 0 saturated heterocycles. The standard InChI is InChI=1S/C21H24N4O2/c1-27-19-10-8-17(9-11-19)16-24-21(26)23-12-5-14-25-15-13-22-20(25)18-6-3-2-4-7-18/h2-4,6-11,13,15H,5,12,14,16H2,1H3,(H2,23,24,26). The maximum atomic E-state index is 11.9. The number of carbonyl (C=O) groups excluding carboxylic acids is 1. The quantitative estimate of drug-likeness (QED) is 0.602. The van der Waals surface area contributed by atoms with E-state index in [0.29, 0.717) is 13.1 Å². The van der Waals surface area contributed by atoms with Crippen LogP contribution >= 0.6 is 0 Å². The molecule has 0 spiro atoms. The van der Waals surface area contributed by atoms with Gasteiger partial charge in [-0.1, -0.05) is 42.5 Å². The molecule has 0 atom stereocenters. The molecule has 0 aliphatic rings. The molecule has 0 unspecified atom stereocenters. The number of carbonyl (C=O) groups is 1. The van der Waals surface area contributed by atoms with Crippen molar-refractivity contribution in [3.63, 3.8) is 0 Å². The van der Waals surface area contributed by atoms with E-state index < -0.39 is 0 Å². The molecule has 0 saturated carbocycles. The number of amides is 2. The molecule has 3 rings (SSSR count). The summed E-state index contributed by atoms with van der Waals surface area (Å²) in [4.78, 5) is 16.4. The molecule has 27 heavy (non-hydrogen) atoms. The van der Waals surface area contributed by atoms with Gasteiger partial charge in [0.05, 0.1) is 7.11 Å². The normalized spacial score (nSPS) is 10.4. The van der Waals surface area contributed by atoms with Crippen LogP contribution in [-0.4, -0.2) is 29.2 Å². The van der Waals surface area contributed by atoms with E-state index in [2.05, 4.69) is 20.2 Å². The summed E-state index contributed by atoms with van der Waals surface area (Å²) < 4.78 is 7.22. The van der Waals surface area contributed by atoms with E-state index in [4.69, 9.17) is 4.74 Å². The lowest BCUT2D eigenvalue weighted by Crippen LogP contribution is -2.35. The Morgan fingerprint density at radius 2 is 1.85 bits per heavy atom. The second-order valence-electron chi connectivity index (χ2n) is 6.12. The third-order valence-corrected chi connectivity index (χ3v) is 4.22. The average Bonchev–Trinajstić information content (AvgIpc) is 3.19. The minimum atomic E-state index is -0.167. The first kappa shape index (κ1) is 18.5. The van der Waals surface area contributed by atoms with Crippen molar-refractivity contribution >= 4 is 6.03 Å². The Labute approximate surface area is 159 Å². The Morgan fingerprint density at radius 3 is 2.59 bits per heavy atom. The molecule has 140 valence electrons. The number of ether oxygens (including phenoxy) is 1. The molecule has 0 radical (unpaired) electrons. The molecule has 0 bridgehead atoms. The highest BCUT2D eigenvalue weighted by atomic mass is 16.5. The number of urea groups is 1. The van der Waals surface area contributed by atoms with Gasteiger partial charge in [-0.3, -0.25) is 0 Å². The van der Waals surface area contributed by atoms with Gasteiger partial charge in [0.2, 0.25) is 0 Å². The molecule has 2 aromatic carbocycles. The van der Waals surface area contributed by atoms with Gasteiger partial charge in [-0.05, 0) is 24.1 Å². The minimum Gasteiger partial charge on any atom is -0.497 e. The number of hydrogen-bond donors (Lipinski definition) is 2. The Balaban J connectivity index is 1.39. The third-order valence-electron chi connectivity index (χ3n) is 4.22. The third kappa shape index (κ3) is 5.34. The van der Waals surface area contributed by atoms with Gasteiger partial charge in [-0.2, -0.15) is 0 Å². The van der Waals surface area contributed by atoms with Crippen LogP contribution in [0.1, 0.15) is 12.0 Å². The van der Waals surface area contributed by atoms with Crippen molar-refractivity contribution in [1.29, 1.82) is 0 Å². The van der Waals surface area contributed by atoms with Crippen molar-refractivity contribution < 1.29 is 9.53 Å². The number of methoxy groups -OCH3 is 1. The fourth-order valence-corrected chi connectivity index (χ4v) is 2.78. The first-order valence-corrected chi connectivity index (χ1v) is 8.97. The lowest BCUT2D eigenvalue weighted by Gasteiger charge is -2.10. The van der Waals surface area contributed by atoms with Gasteiger partial charge in [0.15, 0.2) is 0 Å². The monoisotopic (exact) mass is 364 g/mol. The molecule has 6 heteroatoms. The van der Waals surface area contributed by atoms with Crippen LogP contribution in [0.3, 0.4) is 0 Å². The lowest BCUT2D eigenvalue weighted by atomic mass is 10.2. The molecule has 1 heterocycles. The van der Waals surface area contributed by atoms with Gasteiger partial charge in [0.25, 0.3) is 0 Å². The van der Waals surface area contributed by atoms with Crippen molar-refractivity contribution in [2.24, 2.45) is 0 Å². The Morgan fingerprint density at radius 1 is 1.07 bits per heavy atom. The van der Waals surface area contributed by atoms with E-state index >= 15 is 0 Å². The van der Waals surface area contributed by atoms with Gasteiger partial charge in [0.1, 0.15) is 11.6 Å². The highest BCUT2D eigenvalue weighted by Gasteiger charge is 2.05. The minimum absolute atomic E-state index is 0.167. The van der Waals surface area contributed by atoms with E-state index in [1.54, 1.807) is 13.3 Å². The molecule has 1 aromatic heterocycles. The fraction of sp³-hybridized carbons (Fsp3) is 0.238. The number of aryl methyl sites for hydroxylation is 1. The molecule has 0 aliphatic heterocycles. The van der Waals surface area contributed by atoms with Crippen molar-refractivity contribution in [2.45, 2.75) is 19.5 Å². The maximum Gasteiger partial charge on any atom is 0.315 e. The zero-order valence-corrected chi connectivity index (χ0v) is 15.4. The van der Waals surface area contributed by atoms with Crippen molar-refractivity contribution in [3.05, 3.63) is 72.6 Å². The van der Waals surface area contributed by atoms with E-state index in [0.717, 1.165) is 35.7 Å². The highest BCUT2D eigenvalue weighted by molar-refractivity contribution is 5.73. The largest absolute Gasteiger partial charge is 0.497 e. The summed E-state index contributed by atoms with van der Waals surface area (Å²) in [5.74, 6) is 1.75. The van der Waals surface area contributed by atoms with Crippen LogP contribution < -0.4 is 15.4 Å². The van der Waals surface area contributed by atoms with Crippen molar-refractivity contribution in [1.82, 2.24) is 20.2 Å². The predicted octanol–water partition coefficient (Wildman–Crippen LogP) is 3.45. The predicted molar refractivity (Wildman–Crippen MR) is 106 cm³/mol. The molecule has 6 nitrogen and oxygen atoms in total. The molecular weight excluding hydrogens is 340 g/mol.